The van der Waals surface area contributed by atoms with Gasteiger partial charge in [0.25, 0.3) is 0 Å². The number of benzene rings is 1. The highest BCUT2D eigenvalue weighted by Crippen LogP contribution is 2.23. The topological polar surface area (TPSA) is 0 Å². The molecule has 0 bridgehead atoms. The van der Waals surface area contributed by atoms with E-state index in [9.17, 15) is 0 Å². The first-order valence-corrected chi connectivity index (χ1v) is 6.33. The lowest BCUT2D eigenvalue weighted by atomic mass is 10.1. The van der Waals surface area contributed by atoms with Crippen LogP contribution in [0.25, 0.3) is 6.08 Å². The molecule has 12 heavy (non-hydrogen) atoms. The molecule has 2 rings (SSSR count). The lowest BCUT2D eigenvalue weighted by Gasteiger charge is -2.13. The molecule has 0 fully saturated rings. The van der Waals surface area contributed by atoms with Gasteiger partial charge in [0.15, 0.2) is 0 Å². The average Bonchev–Trinajstić information content (AvgIpc) is 2.17. The summed E-state index contributed by atoms with van der Waals surface area (Å²) in [5.41, 5.74) is 2.87. The quantitative estimate of drug-likeness (QED) is 0.523. The van der Waals surface area contributed by atoms with Gasteiger partial charge in [0.2, 0.25) is 0 Å². The van der Waals surface area contributed by atoms with Crippen LogP contribution < -0.4 is 5.30 Å². The molecule has 0 aliphatic carbocycles. The van der Waals surface area contributed by atoms with Gasteiger partial charge in [0.1, 0.15) is 0 Å². The fourth-order valence-corrected chi connectivity index (χ4v) is 3.37. The molecule has 0 spiro atoms. The van der Waals surface area contributed by atoms with Crippen LogP contribution in [0.2, 0.25) is 0 Å². The third kappa shape index (κ3) is 1.48. The van der Waals surface area contributed by atoms with Crippen molar-refractivity contribution < 1.29 is 0 Å². The molecule has 0 aromatic heterocycles. The lowest BCUT2D eigenvalue weighted by Crippen LogP contribution is -2.09. The first kappa shape index (κ1) is 8.47. The molecule has 1 unspecified atom stereocenters. The van der Waals surface area contributed by atoms with Crippen molar-refractivity contribution in [3.05, 3.63) is 35.4 Å². The van der Waals surface area contributed by atoms with E-state index in [1.54, 1.807) is 5.30 Å². The van der Waals surface area contributed by atoms with Crippen LogP contribution in [0, 0.1) is 0 Å². The number of halogens is 1. The number of hydrogen-bond acceptors (Lipinski definition) is 0. The Kier molecular flexibility index (Phi) is 2.63. The Labute approximate surface area is 83.0 Å². The highest BCUT2D eigenvalue weighted by atomic mass is 79.9. The van der Waals surface area contributed by atoms with E-state index in [1.165, 1.54) is 17.3 Å². The van der Waals surface area contributed by atoms with E-state index in [-0.39, 0.29) is 0 Å². The average molecular weight is 241 g/mol. The van der Waals surface area contributed by atoms with Gasteiger partial charge in [-0.05, 0) is 22.6 Å². The van der Waals surface area contributed by atoms with Crippen LogP contribution in [0.4, 0.5) is 0 Å². The molecule has 1 aliphatic rings. The van der Waals surface area contributed by atoms with Crippen molar-refractivity contribution >= 4 is 35.9 Å². The van der Waals surface area contributed by atoms with Gasteiger partial charge in [0.05, 0.1) is 0 Å². The molecule has 2 heteroatoms. The van der Waals surface area contributed by atoms with E-state index in [2.05, 4.69) is 46.3 Å². The predicted octanol–water partition coefficient (Wildman–Crippen LogP) is 2.91. The van der Waals surface area contributed by atoms with Gasteiger partial charge in [-0.1, -0.05) is 54.9 Å². The zero-order chi connectivity index (χ0) is 8.39. The van der Waals surface area contributed by atoms with Crippen molar-refractivity contribution in [1.82, 2.24) is 0 Å². The molecule has 1 aromatic rings. The standard InChI is InChI=1S/C10H10BrP/c11-7-9-4-1-3-8-5-2-6-12-10(8)9/h1-5,12H,6-7H2. The maximum atomic E-state index is 3.52. The molecule has 1 atom stereocenters. The molecular weight excluding hydrogens is 231 g/mol. The van der Waals surface area contributed by atoms with Gasteiger partial charge in [-0.2, -0.15) is 0 Å². The second kappa shape index (κ2) is 3.72. The van der Waals surface area contributed by atoms with E-state index in [0.29, 0.717) is 0 Å². The van der Waals surface area contributed by atoms with E-state index in [0.717, 1.165) is 13.9 Å². The maximum Gasteiger partial charge on any atom is 0.0289 e. The Hall–Kier alpha value is -0.130. The molecule has 0 saturated carbocycles. The van der Waals surface area contributed by atoms with Crippen molar-refractivity contribution in [2.45, 2.75) is 5.33 Å². The van der Waals surface area contributed by atoms with Crippen molar-refractivity contribution in [3.8, 4) is 0 Å². The molecular formula is C10H10BrP. The maximum absolute atomic E-state index is 3.52. The van der Waals surface area contributed by atoms with Gasteiger partial charge in [-0.25, -0.2) is 0 Å². The van der Waals surface area contributed by atoms with Crippen LogP contribution in [0.1, 0.15) is 11.1 Å². The van der Waals surface area contributed by atoms with Crippen LogP contribution in [0.3, 0.4) is 0 Å². The minimum Gasteiger partial charge on any atom is -0.0876 e. The zero-order valence-electron chi connectivity index (χ0n) is 6.68. The highest BCUT2D eigenvalue weighted by Gasteiger charge is 2.07. The minimum absolute atomic E-state index is 0.962. The molecule has 0 nitrogen and oxygen atoms in total. The summed E-state index contributed by atoms with van der Waals surface area (Å²) in [6, 6.07) is 6.54. The molecule has 0 radical (unpaired) electrons. The van der Waals surface area contributed by atoms with Crippen LogP contribution in [-0.2, 0) is 5.33 Å². The van der Waals surface area contributed by atoms with Crippen LogP contribution in [0.15, 0.2) is 24.3 Å². The van der Waals surface area contributed by atoms with Crippen molar-refractivity contribution in [1.29, 1.82) is 0 Å². The Morgan fingerprint density at radius 3 is 3.17 bits per heavy atom. The Balaban J connectivity index is 2.53. The monoisotopic (exact) mass is 240 g/mol. The van der Waals surface area contributed by atoms with Gasteiger partial charge < -0.3 is 0 Å². The predicted molar refractivity (Wildman–Crippen MR) is 60.9 cm³/mol. The fourth-order valence-electron chi connectivity index (χ4n) is 1.43. The van der Waals surface area contributed by atoms with E-state index in [1.807, 2.05) is 0 Å². The molecule has 1 aliphatic heterocycles. The van der Waals surface area contributed by atoms with E-state index in [4.69, 9.17) is 0 Å². The molecule has 62 valence electrons. The number of alkyl halides is 1. The number of hydrogen-bond donors (Lipinski definition) is 0. The lowest BCUT2D eigenvalue weighted by molar-refractivity contribution is 1.46. The van der Waals surface area contributed by atoms with Crippen molar-refractivity contribution in [3.63, 3.8) is 0 Å². The summed E-state index contributed by atoms with van der Waals surface area (Å²) >= 11 is 3.52. The Bertz CT molecular complexity index is 318. The third-order valence-electron chi connectivity index (χ3n) is 2.02. The second-order valence-electron chi connectivity index (χ2n) is 2.80. The van der Waals surface area contributed by atoms with Crippen LogP contribution >= 0.6 is 24.5 Å². The summed E-state index contributed by atoms with van der Waals surface area (Å²) in [6.45, 7) is 0. The molecule has 1 heterocycles. The second-order valence-corrected chi connectivity index (χ2v) is 4.62. The SMILES string of the molecule is BrCc1cccc2c1PCC=C2. The van der Waals surface area contributed by atoms with Crippen LogP contribution in [-0.4, -0.2) is 6.16 Å². The zero-order valence-corrected chi connectivity index (χ0v) is 9.26. The number of allylic oxidation sites excluding steroid dienone is 1. The Morgan fingerprint density at radius 2 is 2.33 bits per heavy atom. The van der Waals surface area contributed by atoms with Gasteiger partial charge in [-0.3, -0.25) is 0 Å². The van der Waals surface area contributed by atoms with E-state index >= 15 is 0 Å². The van der Waals surface area contributed by atoms with Gasteiger partial charge >= 0.3 is 0 Å². The summed E-state index contributed by atoms with van der Waals surface area (Å²) in [4.78, 5) is 0. The van der Waals surface area contributed by atoms with E-state index < -0.39 is 0 Å². The summed E-state index contributed by atoms with van der Waals surface area (Å²) < 4.78 is 0. The van der Waals surface area contributed by atoms with Crippen molar-refractivity contribution in [2.24, 2.45) is 0 Å². The third-order valence-corrected chi connectivity index (χ3v) is 4.03. The number of rotatable bonds is 1. The molecule has 0 N–H and O–H groups in total. The number of fused-ring (bicyclic) bond motifs is 1. The fraction of sp³-hybridized carbons (Fsp3) is 0.200. The highest BCUT2D eigenvalue weighted by molar-refractivity contribution is 9.08. The largest absolute Gasteiger partial charge is 0.0876 e. The summed E-state index contributed by atoms with van der Waals surface area (Å²) in [7, 11) is 0.962. The summed E-state index contributed by atoms with van der Waals surface area (Å²) in [5.74, 6) is 0. The Morgan fingerprint density at radius 1 is 1.42 bits per heavy atom. The normalized spacial score (nSPS) is 16.4. The minimum atomic E-state index is 0.962. The van der Waals surface area contributed by atoms with Crippen molar-refractivity contribution in [2.75, 3.05) is 6.16 Å². The first-order valence-electron chi connectivity index (χ1n) is 4.00. The smallest absolute Gasteiger partial charge is 0.0289 e. The first-order chi connectivity index (χ1) is 5.92. The summed E-state index contributed by atoms with van der Waals surface area (Å²) in [6.07, 6.45) is 5.72. The molecule has 0 saturated heterocycles. The molecule has 0 amide bonds. The van der Waals surface area contributed by atoms with Gasteiger partial charge in [-0.15, -0.1) is 0 Å². The molecule has 1 aromatic carbocycles. The van der Waals surface area contributed by atoms with Gasteiger partial charge in [0, 0.05) is 5.33 Å². The summed E-state index contributed by atoms with van der Waals surface area (Å²) in [5, 5.41) is 2.54. The van der Waals surface area contributed by atoms with Crippen LogP contribution in [0.5, 0.6) is 0 Å².